The molecule has 2 aromatic rings. The zero-order valence-corrected chi connectivity index (χ0v) is 17.6. The lowest BCUT2D eigenvalue weighted by Crippen LogP contribution is -2.44. The SMILES string of the molecule is CN=C(NCC1CCCN(Cc2cccs2)C1)N(C)Cc1csc(C)n1. The Balaban J connectivity index is 1.46. The quantitative estimate of drug-likeness (QED) is 0.605. The number of guanidine groups is 1. The maximum absolute atomic E-state index is 4.55. The Hall–Kier alpha value is -1.44. The number of aromatic nitrogens is 1. The third kappa shape index (κ3) is 5.53. The summed E-state index contributed by atoms with van der Waals surface area (Å²) < 4.78 is 0. The Labute approximate surface area is 164 Å². The monoisotopic (exact) mass is 391 g/mol. The Morgan fingerprint density at radius 3 is 3.04 bits per heavy atom. The molecule has 0 spiro atoms. The van der Waals surface area contributed by atoms with Gasteiger partial charge in [-0.05, 0) is 43.7 Å². The van der Waals surface area contributed by atoms with Crippen LogP contribution in [0.25, 0.3) is 0 Å². The predicted octanol–water partition coefficient (Wildman–Crippen LogP) is 3.43. The van der Waals surface area contributed by atoms with E-state index >= 15 is 0 Å². The van der Waals surface area contributed by atoms with E-state index in [0.29, 0.717) is 5.92 Å². The second-order valence-electron chi connectivity index (χ2n) is 6.96. The molecule has 0 aromatic carbocycles. The fourth-order valence-corrected chi connectivity index (χ4v) is 4.85. The molecule has 1 saturated heterocycles. The van der Waals surface area contributed by atoms with Gasteiger partial charge in [-0.1, -0.05) is 6.07 Å². The van der Waals surface area contributed by atoms with Crippen LogP contribution in [0.5, 0.6) is 0 Å². The summed E-state index contributed by atoms with van der Waals surface area (Å²) >= 11 is 3.56. The molecule has 142 valence electrons. The number of hydrogen-bond donors (Lipinski definition) is 1. The molecule has 26 heavy (non-hydrogen) atoms. The van der Waals surface area contributed by atoms with E-state index < -0.39 is 0 Å². The molecule has 0 amide bonds. The van der Waals surface area contributed by atoms with E-state index in [1.54, 1.807) is 11.3 Å². The molecule has 3 heterocycles. The normalized spacial score (nSPS) is 18.9. The Bertz CT molecular complexity index is 695. The van der Waals surface area contributed by atoms with Gasteiger partial charge in [0.05, 0.1) is 17.2 Å². The Morgan fingerprint density at radius 1 is 1.46 bits per heavy atom. The summed E-state index contributed by atoms with van der Waals surface area (Å²) in [4.78, 5) is 15.2. The lowest BCUT2D eigenvalue weighted by molar-refractivity contribution is 0.169. The summed E-state index contributed by atoms with van der Waals surface area (Å²) in [5, 5.41) is 8.98. The molecule has 1 unspecified atom stereocenters. The molecule has 2 aromatic heterocycles. The minimum Gasteiger partial charge on any atom is -0.356 e. The first kappa shape index (κ1) is 19.3. The van der Waals surface area contributed by atoms with Crippen molar-refractivity contribution in [2.24, 2.45) is 10.9 Å². The van der Waals surface area contributed by atoms with Gasteiger partial charge in [0, 0.05) is 44.0 Å². The molecule has 5 nitrogen and oxygen atoms in total. The molecule has 0 radical (unpaired) electrons. The Kier molecular flexibility index (Phi) is 7.05. The summed E-state index contributed by atoms with van der Waals surface area (Å²) in [7, 11) is 3.93. The Morgan fingerprint density at radius 2 is 2.35 bits per heavy atom. The molecule has 1 aliphatic heterocycles. The van der Waals surface area contributed by atoms with E-state index in [4.69, 9.17) is 0 Å². The van der Waals surface area contributed by atoms with Crippen molar-refractivity contribution < 1.29 is 0 Å². The molecule has 1 atom stereocenters. The molecule has 0 bridgehead atoms. The van der Waals surface area contributed by atoms with Gasteiger partial charge in [-0.3, -0.25) is 9.89 Å². The average Bonchev–Trinajstić information content (AvgIpc) is 3.27. The number of thiazole rings is 1. The van der Waals surface area contributed by atoms with Crippen molar-refractivity contribution in [3.8, 4) is 0 Å². The molecule has 3 rings (SSSR count). The van der Waals surface area contributed by atoms with Crippen LogP contribution in [0.2, 0.25) is 0 Å². The van der Waals surface area contributed by atoms with Gasteiger partial charge in [-0.25, -0.2) is 4.98 Å². The maximum atomic E-state index is 4.55. The molecular weight excluding hydrogens is 362 g/mol. The number of aryl methyl sites for hydroxylation is 1. The molecule has 7 heteroatoms. The standard InChI is InChI=1S/C19H29N5S2/c1-15-22-17(14-26-15)12-23(3)19(20-2)21-10-16-6-4-8-24(11-16)13-18-7-5-9-25-18/h5,7,9,14,16H,4,6,8,10-13H2,1-3H3,(H,20,21). The number of likely N-dealkylation sites (tertiary alicyclic amines) is 1. The molecule has 1 fully saturated rings. The lowest BCUT2D eigenvalue weighted by atomic mass is 9.98. The molecular formula is C19H29N5S2. The largest absolute Gasteiger partial charge is 0.356 e. The number of nitrogens with zero attached hydrogens (tertiary/aromatic N) is 4. The van der Waals surface area contributed by atoms with Crippen molar-refractivity contribution in [1.29, 1.82) is 0 Å². The van der Waals surface area contributed by atoms with Gasteiger partial charge < -0.3 is 10.2 Å². The van der Waals surface area contributed by atoms with Gasteiger partial charge >= 0.3 is 0 Å². The second-order valence-corrected chi connectivity index (χ2v) is 9.06. The molecule has 1 N–H and O–H groups in total. The number of aliphatic imine (C=N–C) groups is 1. The van der Waals surface area contributed by atoms with Crippen molar-refractivity contribution >= 4 is 28.6 Å². The number of piperidine rings is 1. The number of rotatable bonds is 6. The molecule has 1 aliphatic rings. The van der Waals surface area contributed by atoms with E-state index in [-0.39, 0.29) is 0 Å². The van der Waals surface area contributed by atoms with Crippen LogP contribution in [0.3, 0.4) is 0 Å². The topological polar surface area (TPSA) is 43.8 Å². The number of thiophene rings is 1. The first-order valence-electron chi connectivity index (χ1n) is 9.21. The minimum absolute atomic E-state index is 0.676. The van der Waals surface area contributed by atoms with E-state index in [9.17, 15) is 0 Å². The highest BCUT2D eigenvalue weighted by molar-refractivity contribution is 7.10. The van der Waals surface area contributed by atoms with Crippen LogP contribution in [0.15, 0.2) is 27.9 Å². The van der Waals surface area contributed by atoms with Crippen LogP contribution in [0, 0.1) is 12.8 Å². The van der Waals surface area contributed by atoms with E-state index in [0.717, 1.165) is 42.8 Å². The number of nitrogens with one attached hydrogen (secondary N) is 1. The zero-order chi connectivity index (χ0) is 18.4. The van der Waals surface area contributed by atoms with Gasteiger partial charge in [0.25, 0.3) is 0 Å². The minimum atomic E-state index is 0.676. The highest BCUT2D eigenvalue weighted by Gasteiger charge is 2.21. The van der Waals surface area contributed by atoms with Gasteiger partial charge in [0.2, 0.25) is 0 Å². The van der Waals surface area contributed by atoms with E-state index in [1.165, 1.54) is 24.3 Å². The highest BCUT2D eigenvalue weighted by Crippen LogP contribution is 2.20. The van der Waals surface area contributed by atoms with Crippen molar-refractivity contribution in [3.05, 3.63) is 38.5 Å². The van der Waals surface area contributed by atoms with Crippen molar-refractivity contribution in [2.45, 2.75) is 32.9 Å². The van der Waals surface area contributed by atoms with Crippen LogP contribution in [-0.2, 0) is 13.1 Å². The summed E-state index contributed by atoms with van der Waals surface area (Å²) in [6, 6.07) is 4.39. The molecule has 0 aliphatic carbocycles. The van der Waals surface area contributed by atoms with E-state index in [2.05, 4.69) is 55.0 Å². The van der Waals surface area contributed by atoms with Crippen LogP contribution < -0.4 is 5.32 Å². The summed E-state index contributed by atoms with van der Waals surface area (Å²) in [6.07, 6.45) is 2.57. The fraction of sp³-hybridized carbons (Fsp3) is 0.579. The first-order chi connectivity index (χ1) is 12.6. The van der Waals surface area contributed by atoms with Crippen LogP contribution in [-0.4, -0.2) is 54.5 Å². The van der Waals surface area contributed by atoms with Crippen LogP contribution in [0.4, 0.5) is 0 Å². The van der Waals surface area contributed by atoms with Crippen molar-refractivity contribution in [3.63, 3.8) is 0 Å². The smallest absolute Gasteiger partial charge is 0.193 e. The van der Waals surface area contributed by atoms with Gasteiger partial charge in [-0.15, -0.1) is 22.7 Å². The first-order valence-corrected chi connectivity index (χ1v) is 11.0. The summed E-state index contributed by atoms with van der Waals surface area (Å²) in [5.74, 6) is 1.63. The number of hydrogen-bond acceptors (Lipinski definition) is 5. The van der Waals surface area contributed by atoms with Crippen molar-refractivity contribution in [1.82, 2.24) is 20.1 Å². The third-order valence-corrected chi connectivity index (χ3v) is 6.43. The van der Waals surface area contributed by atoms with Crippen LogP contribution in [0.1, 0.15) is 28.4 Å². The average molecular weight is 392 g/mol. The third-order valence-electron chi connectivity index (χ3n) is 4.75. The predicted molar refractivity (Wildman–Crippen MR) is 112 cm³/mol. The zero-order valence-electron chi connectivity index (χ0n) is 15.9. The summed E-state index contributed by atoms with van der Waals surface area (Å²) in [5.41, 5.74) is 1.11. The van der Waals surface area contributed by atoms with Gasteiger partial charge in [0.1, 0.15) is 0 Å². The fourth-order valence-electron chi connectivity index (χ4n) is 3.50. The van der Waals surface area contributed by atoms with Crippen LogP contribution >= 0.6 is 22.7 Å². The van der Waals surface area contributed by atoms with Gasteiger partial charge in [-0.2, -0.15) is 0 Å². The highest BCUT2D eigenvalue weighted by atomic mass is 32.1. The lowest BCUT2D eigenvalue weighted by Gasteiger charge is -2.33. The molecule has 0 saturated carbocycles. The van der Waals surface area contributed by atoms with Crippen molar-refractivity contribution in [2.75, 3.05) is 33.7 Å². The van der Waals surface area contributed by atoms with E-state index in [1.807, 2.05) is 25.3 Å². The maximum Gasteiger partial charge on any atom is 0.193 e. The van der Waals surface area contributed by atoms with Gasteiger partial charge in [0.15, 0.2) is 5.96 Å². The second kappa shape index (κ2) is 9.48. The summed E-state index contributed by atoms with van der Waals surface area (Å²) in [6.45, 7) is 7.29.